The lowest BCUT2D eigenvalue weighted by Crippen LogP contribution is -2.39. The molecular weight excluding hydrogens is 254 g/mol. The summed E-state index contributed by atoms with van der Waals surface area (Å²) < 4.78 is 10.6. The summed E-state index contributed by atoms with van der Waals surface area (Å²) in [7, 11) is 3.31. The van der Waals surface area contributed by atoms with Crippen LogP contribution in [-0.2, 0) is 6.42 Å². The van der Waals surface area contributed by atoms with Gasteiger partial charge in [-0.05, 0) is 56.3 Å². The van der Waals surface area contributed by atoms with Gasteiger partial charge < -0.3 is 19.9 Å². The highest BCUT2D eigenvalue weighted by molar-refractivity contribution is 5.43. The zero-order valence-electron chi connectivity index (χ0n) is 12.6. The van der Waals surface area contributed by atoms with E-state index in [0.29, 0.717) is 12.0 Å². The number of nitrogens with one attached hydrogen (secondary N) is 1. The van der Waals surface area contributed by atoms with Crippen molar-refractivity contribution in [3.8, 4) is 11.5 Å². The van der Waals surface area contributed by atoms with Crippen LogP contribution in [0.15, 0.2) is 18.2 Å². The van der Waals surface area contributed by atoms with E-state index in [1.165, 1.54) is 5.56 Å². The highest BCUT2D eigenvalue weighted by atomic mass is 16.5. The van der Waals surface area contributed by atoms with Crippen molar-refractivity contribution in [3.05, 3.63) is 23.8 Å². The predicted octanol–water partition coefficient (Wildman–Crippen LogP) is 2.00. The summed E-state index contributed by atoms with van der Waals surface area (Å²) >= 11 is 0. The predicted molar refractivity (Wildman–Crippen MR) is 79.4 cm³/mol. The second-order valence-corrected chi connectivity index (χ2v) is 5.69. The molecule has 0 spiro atoms. The Balaban J connectivity index is 1.82. The summed E-state index contributed by atoms with van der Waals surface area (Å²) in [5.74, 6) is 2.18. The summed E-state index contributed by atoms with van der Waals surface area (Å²) in [6, 6.07) is 6.46. The molecule has 4 nitrogen and oxygen atoms in total. The van der Waals surface area contributed by atoms with E-state index in [1.807, 2.05) is 12.1 Å². The maximum Gasteiger partial charge on any atom is 0.160 e. The Labute approximate surface area is 121 Å². The Morgan fingerprint density at radius 1 is 1.25 bits per heavy atom. The molecule has 20 heavy (non-hydrogen) atoms. The van der Waals surface area contributed by atoms with Gasteiger partial charge in [0.25, 0.3) is 0 Å². The lowest BCUT2D eigenvalue weighted by atomic mass is 9.82. The van der Waals surface area contributed by atoms with E-state index in [1.54, 1.807) is 14.2 Å². The third-order valence-electron chi connectivity index (χ3n) is 3.96. The minimum atomic E-state index is -0.0667. The lowest BCUT2D eigenvalue weighted by molar-refractivity contribution is 0.0421. The SMILES string of the molecule is COc1ccc(CC(C)NCC2CC(O)C2)cc1OC. The third kappa shape index (κ3) is 3.87. The molecule has 0 saturated heterocycles. The van der Waals surface area contributed by atoms with E-state index in [-0.39, 0.29) is 6.10 Å². The second kappa shape index (κ2) is 6.95. The van der Waals surface area contributed by atoms with Crippen molar-refractivity contribution < 1.29 is 14.6 Å². The number of rotatable bonds is 7. The summed E-state index contributed by atoms with van der Waals surface area (Å²) in [6.07, 6.45) is 2.77. The van der Waals surface area contributed by atoms with Crippen LogP contribution in [0.1, 0.15) is 25.3 Å². The van der Waals surface area contributed by atoms with Crippen molar-refractivity contribution in [1.82, 2.24) is 5.32 Å². The van der Waals surface area contributed by atoms with E-state index in [2.05, 4.69) is 18.3 Å². The smallest absolute Gasteiger partial charge is 0.160 e. The molecule has 2 N–H and O–H groups in total. The maximum atomic E-state index is 9.27. The summed E-state index contributed by atoms with van der Waals surface area (Å²) in [5, 5.41) is 12.8. The molecule has 1 saturated carbocycles. The van der Waals surface area contributed by atoms with Gasteiger partial charge in [0.15, 0.2) is 11.5 Å². The summed E-state index contributed by atoms with van der Waals surface area (Å²) in [6.45, 7) is 3.18. The fraction of sp³-hybridized carbons (Fsp3) is 0.625. The van der Waals surface area contributed by atoms with Gasteiger partial charge in [-0.25, -0.2) is 0 Å². The van der Waals surface area contributed by atoms with Crippen molar-refractivity contribution in [2.45, 2.75) is 38.3 Å². The first-order valence-electron chi connectivity index (χ1n) is 7.24. The lowest BCUT2D eigenvalue weighted by Gasteiger charge is -2.32. The standard InChI is InChI=1S/C16H25NO3/c1-11(17-10-13-7-14(18)8-13)6-12-4-5-15(19-2)16(9-12)20-3/h4-5,9,11,13-14,17-18H,6-8,10H2,1-3H3. The van der Waals surface area contributed by atoms with Crippen LogP contribution in [0, 0.1) is 5.92 Å². The van der Waals surface area contributed by atoms with Crippen LogP contribution in [-0.4, -0.2) is 38.0 Å². The van der Waals surface area contributed by atoms with Gasteiger partial charge in [-0.2, -0.15) is 0 Å². The number of aliphatic hydroxyl groups is 1. The Bertz CT molecular complexity index is 430. The largest absolute Gasteiger partial charge is 0.493 e. The minimum absolute atomic E-state index is 0.0667. The molecule has 1 aliphatic carbocycles. The average molecular weight is 279 g/mol. The molecule has 1 aromatic rings. The number of benzene rings is 1. The van der Waals surface area contributed by atoms with Crippen LogP contribution in [0.5, 0.6) is 11.5 Å². The van der Waals surface area contributed by atoms with Gasteiger partial charge in [0, 0.05) is 6.04 Å². The van der Waals surface area contributed by atoms with Crippen molar-refractivity contribution in [3.63, 3.8) is 0 Å². The molecule has 4 heteroatoms. The molecule has 2 rings (SSSR count). The van der Waals surface area contributed by atoms with E-state index >= 15 is 0 Å². The first-order valence-corrected chi connectivity index (χ1v) is 7.24. The molecule has 1 fully saturated rings. The third-order valence-corrected chi connectivity index (χ3v) is 3.96. The molecule has 0 aromatic heterocycles. The average Bonchev–Trinajstić information content (AvgIpc) is 2.42. The molecule has 0 aliphatic heterocycles. The van der Waals surface area contributed by atoms with Crippen LogP contribution in [0.4, 0.5) is 0 Å². The molecule has 1 unspecified atom stereocenters. The number of hydrogen-bond donors (Lipinski definition) is 2. The second-order valence-electron chi connectivity index (χ2n) is 5.69. The molecule has 0 heterocycles. The monoisotopic (exact) mass is 279 g/mol. The van der Waals surface area contributed by atoms with E-state index in [4.69, 9.17) is 9.47 Å². The van der Waals surface area contributed by atoms with Crippen molar-refractivity contribution >= 4 is 0 Å². The van der Waals surface area contributed by atoms with E-state index in [0.717, 1.165) is 37.3 Å². The molecule has 1 aromatic carbocycles. The molecular formula is C16H25NO3. The van der Waals surface area contributed by atoms with Gasteiger partial charge in [0.1, 0.15) is 0 Å². The molecule has 112 valence electrons. The zero-order chi connectivity index (χ0) is 14.5. The number of ether oxygens (including phenoxy) is 2. The van der Waals surface area contributed by atoms with Gasteiger partial charge >= 0.3 is 0 Å². The molecule has 0 amide bonds. The highest BCUT2D eigenvalue weighted by Gasteiger charge is 2.26. The maximum absolute atomic E-state index is 9.27. The number of aliphatic hydroxyl groups excluding tert-OH is 1. The van der Waals surface area contributed by atoms with Gasteiger partial charge in [0.2, 0.25) is 0 Å². The Hall–Kier alpha value is -1.26. The topological polar surface area (TPSA) is 50.7 Å². The van der Waals surface area contributed by atoms with Crippen LogP contribution in [0.2, 0.25) is 0 Å². The van der Waals surface area contributed by atoms with Crippen molar-refractivity contribution in [1.29, 1.82) is 0 Å². The molecule has 1 atom stereocenters. The first-order chi connectivity index (χ1) is 9.62. The van der Waals surface area contributed by atoms with Crippen LogP contribution in [0.3, 0.4) is 0 Å². The van der Waals surface area contributed by atoms with Gasteiger partial charge in [-0.3, -0.25) is 0 Å². The van der Waals surface area contributed by atoms with Crippen molar-refractivity contribution in [2.24, 2.45) is 5.92 Å². The quantitative estimate of drug-likeness (QED) is 0.801. The Kier molecular flexibility index (Phi) is 5.26. The van der Waals surface area contributed by atoms with Gasteiger partial charge in [0.05, 0.1) is 20.3 Å². The van der Waals surface area contributed by atoms with Crippen molar-refractivity contribution in [2.75, 3.05) is 20.8 Å². The van der Waals surface area contributed by atoms with Crippen LogP contribution in [0.25, 0.3) is 0 Å². The van der Waals surface area contributed by atoms with Gasteiger partial charge in [-0.1, -0.05) is 6.07 Å². The molecule has 0 radical (unpaired) electrons. The fourth-order valence-electron chi connectivity index (χ4n) is 2.67. The summed E-state index contributed by atoms with van der Waals surface area (Å²) in [4.78, 5) is 0. The summed E-state index contributed by atoms with van der Waals surface area (Å²) in [5.41, 5.74) is 1.23. The molecule has 0 bridgehead atoms. The normalized spacial score (nSPS) is 23.0. The van der Waals surface area contributed by atoms with E-state index in [9.17, 15) is 5.11 Å². The van der Waals surface area contributed by atoms with Crippen LogP contribution < -0.4 is 14.8 Å². The molecule has 1 aliphatic rings. The zero-order valence-corrected chi connectivity index (χ0v) is 12.6. The highest BCUT2D eigenvalue weighted by Crippen LogP contribution is 2.28. The van der Waals surface area contributed by atoms with Gasteiger partial charge in [-0.15, -0.1) is 0 Å². The Morgan fingerprint density at radius 2 is 1.95 bits per heavy atom. The fourth-order valence-corrected chi connectivity index (χ4v) is 2.67. The Morgan fingerprint density at radius 3 is 2.55 bits per heavy atom. The van der Waals surface area contributed by atoms with E-state index < -0.39 is 0 Å². The number of methoxy groups -OCH3 is 2. The number of hydrogen-bond acceptors (Lipinski definition) is 4. The minimum Gasteiger partial charge on any atom is -0.493 e. The van der Waals surface area contributed by atoms with Crippen LogP contribution >= 0.6 is 0 Å². The first kappa shape index (κ1) is 15.1.